The van der Waals surface area contributed by atoms with Crippen molar-refractivity contribution in [2.75, 3.05) is 0 Å². The summed E-state index contributed by atoms with van der Waals surface area (Å²) in [5.74, 6) is 3.25. The molecule has 6 atom stereocenters. The van der Waals surface area contributed by atoms with Crippen LogP contribution in [0, 0.1) is 34.5 Å². The quantitative estimate of drug-likeness (QED) is 0.525. The second-order valence-corrected chi connectivity index (χ2v) is 8.07. The molecule has 2 unspecified atom stereocenters. The lowest BCUT2D eigenvalue weighted by Gasteiger charge is -2.60. The highest BCUT2D eigenvalue weighted by Gasteiger charge is 2.66. The maximum atomic E-state index is 4.93. The lowest BCUT2D eigenvalue weighted by atomic mass is 9.45. The van der Waals surface area contributed by atoms with Crippen molar-refractivity contribution in [1.29, 1.82) is 0 Å². The molecule has 0 spiro atoms. The van der Waals surface area contributed by atoms with Crippen molar-refractivity contribution in [3.8, 4) is 0 Å². The molecule has 100 valence electrons. The number of hydrogen-bond donors (Lipinski definition) is 0. The van der Waals surface area contributed by atoms with Crippen LogP contribution in [0.3, 0.4) is 0 Å². The molecule has 4 aliphatic carbocycles. The van der Waals surface area contributed by atoms with Gasteiger partial charge in [-0.3, -0.25) is 0 Å². The highest BCUT2D eigenvalue weighted by Crippen LogP contribution is 2.71. The Morgan fingerprint density at radius 2 is 2.00 bits per heavy atom. The van der Waals surface area contributed by atoms with Crippen LogP contribution in [0.5, 0.6) is 0 Å². The van der Waals surface area contributed by atoms with Crippen LogP contribution in [-0.2, 0) is 0 Å². The van der Waals surface area contributed by atoms with E-state index in [1.807, 2.05) is 0 Å². The van der Waals surface area contributed by atoms with E-state index < -0.39 is 0 Å². The molecule has 4 bridgehead atoms. The molecule has 0 aromatic carbocycles. The Kier molecular flexibility index (Phi) is 2.78. The van der Waals surface area contributed by atoms with Gasteiger partial charge in [0.25, 0.3) is 0 Å². The predicted molar refractivity (Wildman–Crippen MR) is 78.8 cm³/mol. The molecule has 0 aliphatic heterocycles. The van der Waals surface area contributed by atoms with Gasteiger partial charge in [-0.15, -0.1) is 0 Å². The molecule has 4 fully saturated rings. The average molecular weight is 263 g/mol. The first-order valence-electron chi connectivity index (χ1n) is 7.49. The average Bonchev–Trinajstić information content (AvgIpc) is 2.52. The minimum absolute atomic E-state index is 0.412. The standard InChI is InChI=1S/C16H25NS/c1-10(2)11-7-13-15(3)5-6-16(13,4)14(17-9-18)12(11)8-15/h10-14H,5-8H2,1-4H3/t11-,12?,13?,14+,15-,16-/m0/s1. The summed E-state index contributed by atoms with van der Waals surface area (Å²) in [5.41, 5.74) is 1.01. The first-order chi connectivity index (χ1) is 8.42. The van der Waals surface area contributed by atoms with Gasteiger partial charge in [-0.25, -0.2) is 4.99 Å². The van der Waals surface area contributed by atoms with Crippen molar-refractivity contribution in [2.24, 2.45) is 39.5 Å². The molecular weight excluding hydrogens is 238 g/mol. The van der Waals surface area contributed by atoms with E-state index in [9.17, 15) is 0 Å². The molecule has 0 saturated heterocycles. The Hall–Kier alpha value is -0.200. The Morgan fingerprint density at radius 1 is 1.28 bits per heavy atom. The second kappa shape index (κ2) is 3.90. The highest BCUT2D eigenvalue weighted by atomic mass is 32.1. The molecule has 0 amide bonds. The van der Waals surface area contributed by atoms with Gasteiger partial charge in [0.1, 0.15) is 0 Å². The number of nitrogens with zero attached hydrogens (tertiary/aromatic N) is 1. The summed E-state index contributed by atoms with van der Waals surface area (Å²) < 4.78 is 0. The number of rotatable bonds is 2. The van der Waals surface area contributed by atoms with Gasteiger partial charge < -0.3 is 0 Å². The molecule has 0 aromatic heterocycles. The van der Waals surface area contributed by atoms with Crippen LogP contribution in [0.2, 0.25) is 0 Å². The lowest BCUT2D eigenvalue weighted by molar-refractivity contribution is -0.0979. The van der Waals surface area contributed by atoms with Crippen LogP contribution < -0.4 is 0 Å². The number of fused-ring (bicyclic) bond motifs is 1. The van der Waals surface area contributed by atoms with Gasteiger partial charge in [-0.1, -0.05) is 27.7 Å². The van der Waals surface area contributed by atoms with E-state index in [0.29, 0.717) is 16.9 Å². The van der Waals surface area contributed by atoms with Crippen molar-refractivity contribution in [3.63, 3.8) is 0 Å². The van der Waals surface area contributed by atoms with Crippen molar-refractivity contribution >= 4 is 17.4 Å². The van der Waals surface area contributed by atoms with Crippen molar-refractivity contribution < 1.29 is 0 Å². The largest absolute Gasteiger partial charge is 0.228 e. The van der Waals surface area contributed by atoms with E-state index in [2.05, 4.69) is 37.8 Å². The number of isothiocyanates is 1. The minimum Gasteiger partial charge on any atom is -0.228 e. The van der Waals surface area contributed by atoms with Gasteiger partial charge in [0.05, 0.1) is 11.2 Å². The van der Waals surface area contributed by atoms with E-state index in [4.69, 9.17) is 12.2 Å². The molecular formula is C16H25NS. The van der Waals surface area contributed by atoms with Gasteiger partial charge in [0.2, 0.25) is 0 Å². The van der Waals surface area contributed by atoms with E-state index in [-0.39, 0.29) is 0 Å². The third-order valence-corrected chi connectivity index (χ3v) is 6.87. The Balaban J connectivity index is 2.05. The van der Waals surface area contributed by atoms with Crippen LogP contribution in [0.1, 0.15) is 53.4 Å². The van der Waals surface area contributed by atoms with Crippen LogP contribution in [0.15, 0.2) is 4.99 Å². The summed E-state index contributed by atoms with van der Waals surface area (Å²) >= 11 is 4.93. The molecule has 0 radical (unpaired) electrons. The summed E-state index contributed by atoms with van der Waals surface area (Å²) in [6, 6.07) is 0.455. The van der Waals surface area contributed by atoms with E-state index in [0.717, 1.165) is 23.7 Å². The molecule has 4 aliphatic rings. The monoisotopic (exact) mass is 263 g/mol. The summed E-state index contributed by atoms with van der Waals surface area (Å²) in [5, 5.41) is 2.71. The van der Waals surface area contributed by atoms with Gasteiger partial charge >= 0.3 is 0 Å². The highest BCUT2D eigenvalue weighted by molar-refractivity contribution is 7.78. The van der Waals surface area contributed by atoms with Crippen LogP contribution >= 0.6 is 12.2 Å². The summed E-state index contributed by atoms with van der Waals surface area (Å²) in [7, 11) is 0. The van der Waals surface area contributed by atoms with E-state index >= 15 is 0 Å². The Morgan fingerprint density at radius 3 is 2.61 bits per heavy atom. The van der Waals surface area contributed by atoms with Gasteiger partial charge in [-0.05, 0) is 72.4 Å². The number of thiocarbonyl (C=S) groups is 1. The molecule has 0 heterocycles. The Bertz CT molecular complexity index is 411. The van der Waals surface area contributed by atoms with Crippen LogP contribution in [-0.4, -0.2) is 11.2 Å². The summed E-state index contributed by atoms with van der Waals surface area (Å²) in [4.78, 5) is 4.65. The fourth-order valence-electron chi connectivity index (χ4n) is 5.89. The third-order valence-electron chi connectivity index (χ3n) is 6.76. The SMILES string of the molecule is CC(C)[C@@H]1CC2[C@@]3(C)CC[C@]2(C)[C@H](N=C=S)C1C3. The number of aliphatic imine (C=N–C) groups is 1. The molecule has 4 saturated carbocycles. The van der Waals surface area contributed by atoms with E-state index in [1.54, 1.807) is 0 Å². The van der Waals surface area contributed by atoms with Gasteiger partial charge in [-0.2, -0.15) is 0 Å². The maximum Gasteiger partial charge on any atom is 0.0690 e. The maximum absolute atomic E-state index is 4.93. The van der Waals surface area contributed by atoms with Crippen molar-refractivity contribution in [3.05, 3.63) is 0 Å². The topological polar surface area (TPSA) is 12.4 Å². The van der Waals surface area contributed by atoms with Gasteiger partial charge in [0, 0.05) is 0 Å². The molecule has 18 heavy (non-hydrogen) atoms. The first kappa shape index (κ1) is 12.8. The van der Waals surface area contributed by atoms with E-state index in [1.165, 1.54) is 25.7 Å². The zero-order valence-electron chi connectivity index (χ0n) is 12.1. The normalized spacial score (nSPS) is 53.6. The molecule has 0 N–H and O–H groups in total. The lowest BCUT2D eigenvalue weighted by Crippen LogP contribution is -2.57. The smallest absolute Gasteiger partial charge is 0.0690 e. The van der Waals surface area contributed by atoms with Crippen LogP contribution in [0.25, 0.3) is 0 Å². The molecule has 1 nitrogen and oxygen atoms in total. The summed E-state index contributed by atoms with van der Waals surface area (Å²) in [6.07, 6.45) is 5.56. The third kappa shape index (κ3) is 1.45. The summed E-state index contributed by atoms with van der Waals surface area (Å²) in [6.45, 7) is 9.78. The fraction of sp³-hybridized carbons (Fsp3) is 0.938. The zero-order valence-corrected chi connectivity index (χ0v) is 12.9. The van der Waals surface area contributed by atoms with Crippen molar-refractivity contribution in [1.82, 2.24) is 0 Å². The minimum atomic E-state index is 0.412. The molecule has 0 aromatic rings. The molecule has 2 heteroatoms. The van der Waals surface area contributed by atoms with Gasteiger partial charge in [0.15, 0.2) is 0 Å². The first-order valence-corrected chi connectivity index (χ1v) is 7.90. The fourth-order valence-corrected chi connectivity index (χ4v) is 6.00. The molecule has 4 rings (SSSR count). The number of hydrogen-bond acceptors (Lipinski definition) is 2. The zero-order chi connectivity index (χ0) is 13.1. The second-order valence-electron chi connectivity index (χ2n) is 7.89. The van der Waals surface area contributed by atoms with Crippen LogP contribution in [0.4, 0.5) is 0 Å². The predicted octanol–water partition coefficient (Wildman–Crippen LogP) is 4.58. The van der Waals surface area contributed by atoms with Crippen molar-refractivity contribution in [2.45, 2.75) is 59.4 Å². The Labute approximate surface area is 116 Å².